The van der Waals surface area contributed by atoms with Crippen molar-refractivity contribution in [1.29, 1.82) is 0 Å². The number of methoxy groups -OCH3 is 1. The molecule has 0 aliphatic rings. The van der Waals surface area contributed by atoms with E-state index in [2.05, 4.69) is 14.5 Å². The first-order valence-electron chi connectivity index (χ1n) is 3.89. The van der Waals surface area contributed by atoms with E-state index in [1.807, 2.05) is 0 Å². The highest BCUT2D eigenvalue weighted by atomic mass is 127. The summed E-state index contributed by atoms with van der Waals surface area (Å²) in [6.45, 7) is 0. The minimum atomic E-state index is -5.05. The number of nitro groups is 1. The molecular formula is C7H4F3IN2O4. The van der Waals surface area contributed by atoms with E-state index >= 15 is 0 Å². The van der Waals surface area contributed by atoms with E-state index < -0.39 is 28.5 Å². The van der Waals surface area contributed by atoms with Gasteiger partial charge in [0.25, 0.3) is 5.75 Å². The Morgan fingerprint density at radius 1 is 1.53 bits per heavy atom. The normalized spacial score (nSPS) is 11.1. The molecule has 0 amide bonds. The maximum Gasteiger partial charge on any atom is 0.573 e. The predicted molar refractivity (Wildman–Crippen MR) is 56.8 cm³/mol. The van der Waals surface area contributed by atoms with Gasteiger partial charge in [-0.05, 0) is 22.6 Å². The van der Waals surface area contributed by atoms with E-state index in [0.29, 0.717) is 0 Å². The van der Waals surface area contributed by atoms with Gasteiger partial charge in [-0.1, -0.05) is 0 Å². The van der Waals surface area contributed by atoms with Crippen molar-refractivity contribution in [2.75, 3.05) is 7.11 Å². The highest BCUT2D eigenvalue weighted by molar-refractivity contribution is 14.1. The van der Waals surface area contributed by atoms with Crippen LogP contribution in [0.4, 0.5) is 18.9 Å². The predicted octanol–water partition coefficient (Wildman–Crippen LogP) is 2.50. The van der Waals surface area contributed by atoms with Crippen LogP contribution in [0.5, 0.6) is 11.5 Å². The number of aromatic nitrogens is 1. The van der Waals surface area contributed by atoms with Crippen LogP contribution in [0.3, 0.4) is 0 Å². The highest BCUT2D eigenvalue weighted by Gasteiger charge is 2.38. The van der Waals surface area contributed by atoms with E-state index in [4.69, 9.17) is 0 Å². The molecule has 0 atom stereocenters. The highest BCUT2D eigenvalue weighted by Crippen LogP contribution is 2.41. The molecule has 0 N–H and O–H groups in total. The summed E-state index contributed by atoms with van der Waals surface area (Å²) in [5.41, 5.74) is -0.887. The molecule has 0 aliphatic heterocycles. The molecule has 0 radical (unpaired) electrons. The van der Waals surface area contributed by atoms with E-state index in [0.717, 1.165) is 13.3 Å². The number of ether oxygens (including phenoxy) is 2. The maximum absolute atomic E-state index is 12.1. The molecule has 1 heterocycles. The number of pyridine rings is 1. The van der Waals surface area contributed by atoms with Gasteiger partial charge in [0.15, 0.2) is 9.45 Å². The Morgan fingerprint density at radius 3 is 2.53 bits per heavy atom. The van der Waals surface area contributed by atoms with Crippen LogP contribution in [-0.4, -0.2) is 23.4 Å². The molecule has 0 bridgehead atoms. The van der Waals surface area contributed by atoms with Gasteiger partial charge in [-0.15, -0.1) is 13.2 Å². The fourth-order valence-electron chi connectivity index (χ4n) is 0.963. The van der Waals surface area contributed by atoms with Crippen LogP contribution < -0.4 is 9.47 Å². The number of alkyl halides is 3. The summed E-state index contributed by atoms with van der Waals surface area (Å²) in [4.78, 5) is 13.2. The first-order chi connectivity index (χ1) is 7.76. The molecule has 0 spiro atoms. The zero-order valence-electron chi connectivity index (χ0n) is 8.12. The third-order valence-corrected chi connectivity index (χ3v) is 2.34. The molecule has 1 aromatic rings. The van der Waals surface area contributed by atoms with Gasteiger partial charge in [-0.2, -0.15) is 0 Å². The Morgan fingerprint density at radius 2 is 2.12 bits per heavy atom. The standard InChI is InChI=1S/C7H4F3IN2O4/c1-16-3-2-12-6(11)4(13(14)15)5(3)17-7(8,9)10/h2H,1H3. The maximum atomic E-state index is 12.1. The quantitative estimate of drug-likeness (QED) is 0.357. The summed E-state index contributed by atoms with van der Waals surface area (Å²) in [6, 6.07) is 0. The van der Waals surface area contributed by atoms with Gasteiger partial charge in [-0.3, -0.25) is 10.1 Å². The zero-order chi connectivity index (χ0) is 13.2. The minimum Gasteiger partial charge on any atom is -0.491 e. The number of hydrogen-bond acceptors (Lipinski definition) is 5. The van der Waals surface area contributed by atoms with Crippen LogP contribution in [0.1, 0.15) is 0 Å². The van der Waals surface area contributed by atoms with E-state index in [1.54, 1.807) is 0 Å². The fourth-order valence-corrected chi connectivity index (χ4v) is 1.54. The van der Waals surface area contributed by atoms with Crippen molar-refractivity contribution in [3.8, 4) is 11.5 Å². The van der Waals surface area contributed by atoms with Crippen molar-refractivity contribution in [1.82, 2.24) is 4.98 Å². The first kappa shape index (κ1) is 13.7. The van der Waals surface area contributed by atoms with Crippen molar-refractivity contribution in [3.05, 3.63) is 20.0 Å². The number of rotatable bonds is 3. The summed E-state index contributed by atoms with van der Waals surface area (Å²) in [5, 5.41) is 10.7. The first-order valence-corrected chi connectivity index (χ1v) is 4.96. The average Bonchev–Trinajstić information content (AvgIpc) is 2.15. The Balaban J connectivity index is 3.40. The molecule has 0 saturated heterocycles. The molecule has 10 heteroatoms. The molecule has 0 unspecified atom stereocenters. The van der Waals surface area contributed by atoms with Gasteiger partial charge in [0.1, 0.15) is 0 Å². The minimum absolute atomic E-state index is 0.229. The van der Waals surface area contributed by atoms with E-state index in [1.165, 1.54) is 22.6 Å². The Labute approximate surface area is 106 Å². The SMILES string of the molecule is COc1cnc(I)c([N+](=O)[O-])c1OC(F)(F)F. The monoisotopic (exact) mass is 364 g/mol. The Bertz CT molecular complexity index is 451. The lowest BCUT2D eigenvalue weighted by Crippen LogP contribution is -2.19. The molecule has 0 aromatic carbocycles. The van der Waals surface area contributed by atoms with Crippen LogP contribution in [-0.2, 0) is 0 Å². The fraction of sp³-hybridized carbons (Fsp3) is 0.286. The van der Waals surface area contributed by atoms with Gasteiger partial charge in [0.05, 0.1) is 18.2 Å². The molecule has 17 heavy (non-hydrogen) atoms. The summed E-state index contributed by atoms with van der Waals surface area (Å²) >= 11 is 1.43. The third-order valence-electron chi connectivity index (χ3n) is 1.55. The third kappa shape index (κ3) is 3.31. The summed E-state index contributed by atoms with van der Waals surface area (Å²) in [7, 11) is 1.05. The smallest absolute Gasteiger partial charge is 0.491 e. The van der Waals surface area contributed by atoms with Crippen LogP contribution in [0.15, 0.2) is 6.20 Å². The molecule has 94 valence electrons. The topological polar surface area (TPSA) is 74.5 Å². The van der Waals surface area contributed by atoms with Crippen LogP contribution in [0, 0.1) is 13.8 Å². The van der Waals surface area contributed by atoms with Crippen molar-refractivity contribution < 1.29 is 27.6 Å². The number of nitrogens with zero attached hydrogens (tertiary/aromatic N) is 2. The summed E-state index contributed by atoms with van der Waals surface area (Å²) in [5.74, 6) is -1.47. The lowest BCUT2D eigenvalue weighted by molar-refractivity contribution is -0.390. The zero-order valence-corrected chi connectivity index (χ0v) is 10.3. The number of hydrogen-bond donors (Lipinski definition) is 0. The Hall–Kier alpha value is -1.33. The van der Waals surface area contributed by atoms with Crippen molar-refractivity contribution >= 4 is 28.3 Å². The molecule has 6 nitrogen and oxygen atoms in total. The second kappa shape index (κ2) is 4.89. The van der Waals surface area contributed by atoms with Gasteiger partial charge in [0.2, 0.25) is 0 Å². The Kier molecular flexibility index (Phi) is 3.95. The van der Waals surface area contributed by atoms with Crippen molar-refractivity contribution in [3.63, 3.8) is 0 Å². The van der Waals surface area contributed by atoms with E-state index in [-0.39, 0.29) is 3.70 Å². The van der Waals surface area contributed by atoms with Crippen LogP contribution >= 0.6 is 22.6 Å². The van der Waals surface area contributed by atoms with Crippen molar-refractivity contribution in [2.24, 2.45) is 0 Å². The van der Waals surface area contributed by atoms with Gasteiger partial charge in [-0.25, -0.2) is 4.98 Å². The summed E-state index contributed by atoms with van der Waals surface area (Å²) in [6.07, 6.45) is -4.14. The van der Waals surface area contributed by atoms with Crippen LogP contribution in [0.2, 0.25) is 0 Å². The summed E-state index contributed by atoms with van der Waals surface area (Å²) < 4.78 is 44.2. The second-order valence-electron chi connectivity index (χ2n) is 2.60. The molecular weight excluding hydrogens is 360 g/mol. The van der Waals surface area contributed by atoms with Crippen LogP contribution in [0.25, 0.3) is 0 Å². The largest absolute Gasteiger partial charge is 0.573 e. The lowest BCUT2D eigenvalue weighted by Gasteiger charge is -2.12. The van der Waals surface area contributed by atoms with Gasteiger partial charge in [0, 0.05) is 0 Å². The van der Waals surface area contributed by atoms with Gasteiger partial charge >= 0.3 is 12.0 Å². The molecule has 1 rings (SSSR count). The average molecular weight is 364 g/mol. The molecule has 0 aliphatic carbocycles. The number of halogens is 4. The lowest BCUT2D eigenvalue weighted by atomic mass is 10.3. The van der Waals surface area contributed by atoms with Gasteiger partial charge < -0.3 is 9.47 Å². The molecule has 0 fully saturated rings. The molecule has 1 aromatic heterocycles. The second-order valence-corrected chi connectivity index (χ2v) is 3.62. The van der Waals surface area contributed by atoms with E-state index in [9.17, 15) is 23.3 Å². The molecule has 0 saturated carbocycles. The van der Waals surface area contributed by atoms with Crippen molar-refractivity contribution in [2.45, 2.75) is 6.36 Å².